The fourth-order valence-corrected chi connectivity index (χ4v) is 5.36. The van der Waals surface area contributed by atoms with Crippen LogP contribution in [0.5, 0.6) is 11.5 Å². The van der Waals surface area contributed by atoms with Gasteiger partial charge in [-0.05, 0) is 48.8 Å². The largest absolute Gasteiger partial charge is 0.493 e. The third-order valence-electron chi connectivity index (χ3n) is 6.77. The van der Waals surface area contributed by atoms with E-state index in [1.54, 1.807) is 7.11 Å². The molecule has 2 unspecified atom stereocenters. The smallest absolute Gasteiger partial charge is 0.161 e. The molecule has 166 valence electrons. The normalized spacial score (nSPS) is 27.9. The molecule has 2 aliphatic heterocycles. The summed E-state index contributed by atoms with van der Waals surface area (Å²) in [6, 6.07) is 6.16. The Morgan fingerprint density at radius 3 is 2.53 bits per heavy atom. The molecular formula is C24H36N2O4. The summed E-state index contributed by atoms with van der Waals surface area (Å²) < 4.78 is 17.2. The molecule has 0 radical (unpaired) electrons. The molecule has 6 nitrogen and oxygen atoms in total. The number of nitrogens with zero attached hydrogens (tertiary/aromatic N) is 2. The fraction of sp³-hybridized carbons (Fsp3) is 0.667. The first-order valence-electron chi connectivity index (χ1n) is 11.3. The van der Waals surface area contributed by atoms with Crippen molar-refractivity contribution in [2.24, 2.45) is 11.8 Å². The number of piperidine rings is 1. The molecule has 0 aromatic heterocycles. The molecule has 2 bridgehead atoms. The SMILES string of the molecule is COc1cc(CN2C[C@H]3CC[C@@H](C2)C3OC)ccc1OCC(O)CN1CC=CCC1. The predicted molar refractivity (Wildman–Crippen MR) is 117 cm³/mol. The van der Waals surface area contributed by atoms with Crippen molar-refractivity contribution in [1.29, 1.82) is 0 Å². The molecule has 2 fully saturated rings. The van der Waals surface area contributed by atoms with Crippen LogP contribution < -0.4 is 9.47 Å². The van der Waals surface area contributed by atoms with Gasteiger partial charge in [0.1, 0.15) is 12.7 Å². The zero-order valence-electron chi connectivity index (χ0n) is 18.3. The summed E-state index contributed by atoms with van der Waals surface area (Å²) in [4.78, 5) is 4.79. The van der Waals surface area contributed by atoms with Crippen molar-refractivity contribution < 1.29 is 19.3 Å². The number of benzene rings is 1. The van der Waals surface area contributed by atoms with Crippen LogP contribution in [0.2, 0.25) is 0 Å². The van der Waals surface area contributed by atoms with E-state index >= 15 is 0 Å². The highest BCUT2D eigenvalue weighted by molar-refractivity contribution is 5.43. The molecule has 1 N–H and O–H groups in total. The monoisotopic (exact) mass is 416 g/mol. The van der Waals surface area contributed by atoms with Gasteiger partial charge in [0.25, 0.3) is 0 Å². The maximum Gasteiger partial charge on any atom is 0.161 e. The third-order valence-corrected chi connectivity index (χ3v) is 6.77. The van der Waals surface area contributed by atoms with Crippen molar-refractivity contribution in [2.75, 3.05) is 53.6 Å². The Morgan fingerprint density at radius 1 is 1.07 bits per heavy atom. The number of hydrogen-bond acceptors (Lipinski definition) is 6. The topological polar surface area (TPSA) is 54.4 Å². The van der Waals surface area contributed by atoms with Gasteiger partial charge in [-0.25, -0.2) is 0 Å². The van der Waals surface area contributed by atoms with Crippen LogP contribution in [0, 0.1) is 11.8 Å². The van der Waals surface area contributed by atoms with E-state index in [9.17, 15) is 5.11 Å². The van der Waals surface area contributed by atoms with E-state index in [4.69, 9.17) is 14.2 Å². The molecule has 4 atom stereocenters. The third kappa shape index (κ3) is 5.17. The first kappa shape index (κ1) is 21.6. The van der Waals surface area contributed by atoms with Crippen LogP contribution >= 0.6 is 0 Å². The van der Waals surface area contributed by atoms with E-state index in [1.165, 1.54) is 18.4 Å². The number of fused-ring (bicyclic) bond motifs is 2. The van der Waals surface area contributed by atoms with Gasteiger partial charge in [-0.15, -0.1) is 0 Å². The quantitative estimate of drug-likeness (QED) is 0.625. The van der Waals surface area contributed by atoms with E-state index in [2.05, 4.69) is 34.1 Å². The summed E-state index contributed by atoms with van der Waals surface area (Å²) in [5.74, 6) is 2.75. The molecular weight excluding hydrogens is 380 g/mol. The van der Waals surface area contributed by atoms with Crippen molar-refractivity contribution >= 4 is 0 Å². The van der Waals surface area contributed by atoms with E-state index in [0.717, 1.165) is 44.9 Å². The molecule has 1 saturated carbocycles. The molecule has 0 spiro atoms. The van der Waals surface area contributed by atoms with Gasteiger partial charge in [0, 0.05) is 46.4 Å². The van der Waals surface area contributed by atoms with Gasteiger partial charge in [0.05, 0.1) is 13.2 Å². The summed E-state index contributed by atoms with van der Waals surface area (Å²) in [6.45, 7) is 5.92. The Bertz CT molecular complexity index is 711. The molecule has 0 amide bonds. The Morgan fingerprint density at radius 2 is 1.87 bits per heavy atom. The molecule has 6 heteroatoms. The van der Waals surface area contributed by atoms with Gasteiger partial charge in [0.15, 0.2) is 11.5 Å². The van der Waals surface area contributed by atoms with Crippen LogP contribution in [0.4, 0.5) is 0 Å². The van der Waals surface area contributed by atoms with Crippen LogP contribution in [-0.4, -0.2) is 80.7 Å². The number of aliphatic hydroxyl groups is 1. The van der Waals surface area contributed by atoms with Gasteiger partial charge in [0.2, 0.25) is 0 Å². The fourth-order valence-electron chi connectivity index (χ4n) is 5.36. The van der Waals surface area contributed by atoms with Gasteiger partial charge in [-0.3, -0.25) is 9.80 Å². The lowest BCUT2D eigenvalue weighted by atomic mass is 9.94. The Balaban J connectivity index is 1.30. The Labute approximate surface area is 180 Å². The average Bonchev–Trinajstić information content (AvgIpc) is 3.02. The number of likely N-dealkylation sites (tertiary alicyclic amines) is 1. The lowest BCUT2D eigenvalue weighted by Gasteiger charge is -2.37. The highest BCUT2D eigenvalue weighted by atomic mass is 16.5. The van der Waals surface area contributed by atoms with E-state index < -0.39 is 6.10 Å². The second-order valence-corrected chi connectivity index (χ2v) is 8.96. The summed E-state index contributed by atoms with van der Waals surface area (Å²) >= 11 is 0. The summed E-state index contributed by atoms with van der Waals surface area (Å²) in [5.41, 5.74) is 1.23. The predicted octanol–water partition coefficient (Wildman–Crippen LogP) is 2.55. The molecule has 1 aromatic carbocycles. The van der Waals surface area contributed by atoms with Gasteiger partial charge in [-0.2, -0.15) is 0 Å². The Hall–Kier alpha value is -1.60. The molecule has 2 heterocycles. The minimum atomic E-state index is -0.515. The van der Waals surface area contributed by atoms with Gasteiger partial charge in [-0.1, -0.05) is 18.2 Å². The summed E-state index contributed by atoms with van der Waals surface area (Å²) in [7, 11) is 3.53. The first-order valence-corrected chi connectivity index (χ1v) is 11.3. The van der Waals surface area contributed by atoms with Crippen molar-refractivity contribution in [3.8, 4) is 11.5 Å². The second kappa shape index (κ2) is 10.1. The van der Waals surface area contributed by atoms with Crippen LogP contribution in [0.1, 0.15) is 24.8 Å². The molecule has 1 aromatic rings. The summed E-state index contributed by atoms with van der Waals surface area (Å²) in [5, 5.41) is 10.3. The van der Waals surface area contributed by atoms with Crippen molar-refractivity contribution in [2.45, 2.75) is 38.0 Å². The zero-order chi connectivity index (χ0) is 20.9. The molecule has 1 saturated heterocycles. The number of methoxy groups -OCH3 is 2. The van der Waals surface area contributed by atoms with Crippen molar-refractivity contribution in [3.05, 3.63) is 35.9 Å². The average molecular weight is 417 g/mol. The maximum absolute atomic E-state index is 10.3. The number of rotatable bonds is 9. The maximum atomic E-state index is 10.3. The first-order chi connectivity index (χ1) is 14.7. The zero-order valence-corrected chi connectivity index (χ0v) is 18.3. The molecule has 30 heavy (non-hydrogen) atoms. The van der Waals surface area contributed by atoms with Crippen LogP contribution in [-0.2, 0) is 11.3 Å². The van der Waals surface area contributed by atoms with Crippen LogP contribution in [0.15, 0.2) is 30.4 Å². The number of hydrogen-bond donors (Lipinski definition) is 1. The number of aliphatic hydroxyl groups excluding tert-OH is 1. The van der Waals surface area contributed by atoms with Gasteiger partial charge >= 0.3 is 0 Å². The molecule has 1 aliphatic carbocycles. The minimum absolute atomic E-state index is 0.268. The molecule has 4 rings (SSSR count). The van der Waals surface area contributed by atoms with Gasteiger partial charge < -0.3 is 19.3 Å². The molecule has 3 aliphatic rings. The lowest BCUT2D eigenvalue weighted by Crippen LogP contribution is -2.45. The number of β-amino-alcohol motifs (C(OH)–C–C–N with tert-alkyl or cyclic N) is 1. The van der Waals surface area contributed by atoms with E-state index in [-0.39, 0.29) is 6.61 Å². The highest BCUT2D eigenvalue weighted by Crippen LogP contribution is 2.39. The standard InChI is InChI=1S/C24H36N2O4/c1-28-23-12-18(13-26-14-19-7-8-20(15-26)24(19)29-2)6-9-22(23)30-17-21(27)16-25-10-4-3-5-11-25/h3-4,6,9,12,19-21,24,27H,5,7-8,10-11,13-17H2,1-2H3/t19-,20+,21?,24?. The Kier molecular flexibility index (Phi) is 7.31. The van der Waals surface area contributed by atoms with Crippen molar-refractivity contribution in [1.82, 2.24) is 9.80 Å². The number of ether oxygens (including phenoxy) is 3. The van der Waals surface area contributed by atoms with E-state index in [1.807, 2.05) is 13.2 Å². The van der Waals surface area contributed by atoms with Crippen LogP contribution in [0.25, 0.3) is 0 Å². The van der Waals surface area contributed by atoms with Crippen molar-refractivity contribution in [3.63, 3.8) is 0 Å². The highest BCUT2D eigenvalue weighted by Gasteiger charge is 2.42. The second-order valence-electron chi connectivity index (χ2n) is 8.96. The van der Waals surface area contributed by atoms with Crippen LogP contribution in [0.3, 0.4) is 0 Å². The van der Waals surface area contributed by atoms with E-state index in [0.29, 0.717) is 30.2 Å². The summed E-state index contributed by atoms with van der Waals surface area (Å²) in [6.07, 6.45) is 7.89. The lowest BCUT2D eigenvalue weighted by molar-refractivity contribution is -0.0180. The minimum Gasteiger partial charge on any atom is -0.493 e.